The molecule has 2 amide bonds. The number of urea groups is 1. The van der Waals surface area contributed by atoms with E-state index in [2.05, 4.69) is 17.4 Å². The summed E-state index contributed by atoms with van der Waals surface area (Å²) in [7, 11) is 1.61. The number of hydrogen-bond acceptors (Lipinski definition) is 4. The maximum absolute atomic E-state index is 12.3. The maximum Gasteiger partial charge on any atom is 0.317 e. The smallest absolute Gasteiger partial charge is 0.317 e. The first kappa shape index (κ1) is 19.3. The Kier molecular flexibility index (Phi) is 5.48. The molecule has 0 saturated heterocycles. The molecule has 7 nitrogen and oxygen atoms in total. The molecule has 7 heteroatoms. The van der Waals surface area contributed by atoms with Crippen LogP contribution in [0.4, 0.5) is 4.79 Å². The van der Waals surface area contributed by atoms with Crippen molar-refractivity contribution >= 4 is 12.0 Å². The first-order chi connectivity index (χ1) is 12.8. The zero-order valence-electron chi connectivity index (χ0n) is 16.3. The van der Waals surface area contributed by atoms with E-state index in [0.717, 1.165) is 29.9 Å². The van der Waals surface area contributed by atoms with Crippen molar-refractivity contribution in [2.75, 3.05) is 20.2 Å². The molecule has 0 radical (unpaired) electrons. The number of fused-ring (bicyclic) bond motifs is 1. The van der Waals surface area contributed by atoms with Gasteiger partial charge in [-0.15, -0.1) is 0 Å². The molecule has 1 heterocycles. The number of hydrogen-bond donors (Lipinski definition) is 2. The van der Waals surface area contributed by atoms with Gasteiger partial charge in [0.15, 0.2) is 0 Å². The lowest BCUT2D eigenvalue weighted by Crippen LogP contribution is -2.42. The van der Waals surface area contributed by atoms with E-state index in [4.69, 9.17) is 14.6 Å². The average molecular weight is 376 g/mol. The minimum Gasteiger partial charge on any atom is -0.494 e. The van der Waals surface area contributed by atoms with Gasteiger partial charge in [0.2, 0.25) is 0 Å². The first-order valence-electron chi connectivity index (χ1n) is 9.50. The number of carboxylic acids is 1. The van der Waals surface area contributed by atoms with Crippen LogP contribution in [0, 0.1) is 5.92 Å². The molecular formula is C20H28N2O5. The summed E-state index contributed by atoms with van der Waals surface area (Å²) in [5.41, 5.74) is 2.23. The minimum atomic E-state index is -0.910. The third-order valence-corrected chi connectivity index (χ3v) is 5.14. The lowest BCUT2D eigenvalue weighted by molar-refractivity contribution is -0.141. The van der Waals surface area contributed by atoms with Crippen LogP contribution in [0.2, 0.25) is 0 Å². The number of carbonyl (C=O) groups excluding carboxylic acids is 1. The van der Waals surface area contributed by atoms with Crippen LogP contribution in [0.1, 0.15) is 44.2 Å². The summed E-state index contributed by atoms with van der Waals surface area (Å²) >= 11 is 0. The van der Waals surface area contributed by atoms with Gasteiger partial charge in [-0.2, -0.15) is 0 Å². The van der Waals surface area contributed by atoms with Crippen molar-refractivity contribution in [1.82, 2.24) is 10.2 Å². The molecule has 3 rings (SSSR count). The minimum absolute atomic E-state index is 0.0242. The molecular weight excluding hydrogens is 348 g/mol. The van der Waals surface area contributed by atoms with E-state index < -0.39 is 11.9 Å². The fraction of sp³-hybridized carbons (Fsp3) is 0.600. The molecule has 1 aliphatic carbocycles. The van der Waals surface area contributed by atoms with Crippen molar-refractivity contribution in [1.29, 1.82) is 0 Å². The summed E-state index contributed by atoms with van der Waals surface area (Å²) in [5.74, 6) is 0.448. The molecule has 1 aromatic rings. The van der Waals surface area contributed by atoms with E-state index in [1.807, 2.05) is 13.8 Å². The highest BCUT2D eigenvalue weighted by Crippen LogP contribution is 2.48. The molecule has 1 aliphatic heterocycles. The number of nitrogens with one attached hydrogen (secondary N) is 1. The SMILES string of the molecule is CCOc1cc2c(cc1C1CC1NC(=O)N(C)CC(C)C(=O)O)OC(C)C2. The van der Waals surface area contributed by atoms with Crippen molar-refractivity contribution in [3.63, 3.8) is 0 Å². The summed E-state index contributed by atoms with van der Waals surface area (Å²) in [5, 5.41) is 12.0. The summed E-state index contributed by atoms with van der Waals surface area (Å²) in [4.78, 5) is 24.7. The second-order valence-electron chi connectivity index (χ2n) is 7.58. The van der Waals surface area contributed by atoms with Gasteiger partial charge in [0.05, 0.1) is 12.5 Å². The van der Waals surface area contributed by atoms with Crippen LogP contribution in [0.5, 0.6) is 11.5 Å². The fourth-order valence-corrected chi connectivity index (χ4v) is 3.56. The van der Waals surface area contributed by atoms with E-state index in [0.29, 0.717) is 6.61 Å². The molecule has 0 spiro atoms. The maximum atomic E-state index is 12.3. The Hall–Kier alpha value is -2.44. The Bertz CT molecular complexity index is 735. The molecule has 2 aliphatic rings. The van der Waals surface area contributed by atoms with E-state index in [9.17, 15) is 9.59 Å². The average Bonchev–Trinajstić information content (AvgIpc) is 3.25. The third kappa shape index (κ3) is 4.28. The van der Waals surface area contributed by atoms with Crippen LogP contribution in [0.15, 0.2) is 12.1 Å². The van der Waals surface area contributed by atoms with Gasteiger partial charge in [-0.05, 0) is 32.4 Å². The summed E-state index contributed by atoms with van der Waals surface area (Å²) in [6, 6.07) is 3.89. The van der Waals surface area contributed by atoms with Crippen molar-refractivity contribution in [2.45, 2.75) is 51.7 Å². The van der Waals surface area contributed by atoms with E-state index >= 15 is 0 Å². The molecule has 1 fully saturated rings. The van der Waals surface area contributed by atoms with Crippen molar-refractivity contribution in [3.8, 4) is 11.5 Å². The Morgan fingerprint density at radius 2 is 2.19 bits per heavy atom. The third-order valence-electron chi connectivity index (χ3n) is 5.14. The number of benzene rings is 1. The molecule has 27 heavy (non-hydrogen) atoms. The number of ether oxygens (including phenoxy) is 2. The van der Waals surface area contributed by atoms with Crippen LogP contribution >= 0.6 is 0 Å². The van der Waals surface area contributed by atoms with Crippen molar-refractivity contribution in [3.05, 3.63) is 23.3 Å². The Morgan fingerprint density at radius 3 is 2.85 bits per heavy atom. The zero-order valence-corrected chi connectivity index (χ0v) is 16.3. The number of aliphatic carboxylic acids is 1. The highest BCUT2D eigenvalue weighted by Gasteiger charge is 2.42. The summed E-state index contributed by atoms with van der Waals surface area (Å²) in [6.45, 7) is 6.36. The van der Waals surface area contributed by atoms with Gasteiger partial charge in [-0.1, -0.05) is 6.92 Å². The van der Waals surface area contributed by atoms with Crippen LogP contribution in [-0.2, 0) is 11.2 Å². The van der Waals surface area contributed by atoms with Gasteiger partial charge in [-0.25, -0.2) is 4.79 Å². The summed E-state index contributed by atoms with van der Waals surface area (Å²) < 4.78 is 11.7. The molecule has 0 aromatic heterocycles. The van der Waals surface area contributed by atoms with Gasteiger partial charge in [0.25, 0.3) is 0 Å². The second kappa shape index (κ2) is 7.66. The van der Waals surface area contributed by atoms with Gasteiger partial charge in [0.1, 0.15) is 17.6 Å². The monoisotopic (exact) mass is 376 g/mol. The number of rotatable bonds is 7. The molecule has 148 valence electrons. The van der Waals surface area contributed by atoms with Crippen LogP contribution in [0.3, 0.4) is 0 Å². The topological polar surface area (TPSA) is 88.1 Å². The van der Waals surface area contributed by atoms with E-state index in [-0.39, 0.29) is 30.6 Å². The Labute approximate surface area is 159 Å². The van der Waals surface area contributed by atoms with Gasteiger partial charge in [0, 0.05) is 43.1 Å². The fourth-order valence-electron chi connectivity index (χ4n) is 3.56. The normalized spacial score (nSPS) is 23.8. The first-order valence-corrected chi connectivity index (χ1v) is 9.50. The standard InChI is InChI=1S/C20H28N2O5/c1-5-26-18-7-13-6-12(3)27-17(13)9-15(18)14-8-16(14)21-20(25)22(4)10-11(2)19(23)24/h7,9,11-12,14,16H,5-6,8,10H2,1-4H3,(H,21,25)(H,23,24). The Morgan fingerprint density at radius 1 is 1.44 bits per heavy atom. The van der Waals surface area contributed by atoms with E-state index in [1.165, 1.54) is 10.5 Å². The zero-order chi connectivity index (χ0) is 19.7. The molecule has 2 N–H and O–H groups in total. The summed E-state index contributed by atoms with van der Waals surface area (Å²) in [6.07, 6.45) is 1.89. The highest BCUT2D eigenvalue weighted by atomic mass is 16.5. The number of carbonyl (C=O) groups is 2. The van der Waals surface area contributed by atoms with Gasteiger partial charge >= 0.3 is 12.0 Å². The number of amides is 2. The quantitative estimate of drug-likeness (QED) is 0.764. The molecule has 4 unspecified atom stereocenters. The lowest BCUT2D eigenvalue weighted by atomic mass is 10.0. The highest BCUT2D eigenvalue weighted by molar-refractivity contribution is 5.76. The molecule has 4 atom stereocenters. The van der Waals surface area contributed by atoms with Crippen LogP contribution in [-0.4, -0.2) is 54.4 Å². The van der Waals surface area contributed by atoms with Crippen LogP contribution < -0.4 is 14.8 Å². The Balaban J connectivity index is 1.65. The second-order valence-corrected chi connectivity index (χ2v) is 7.58. The van der Waals surface area contributed by atoms with Crippen molar-refractivity contribution in [2.24, 2.45) is 5.92 Å². The van der Waals surface area contributed by atoms with Gasteiger partial charge < -0.3 is 24.8 Å². The number of nitrogens with zero attached hydrogens (tertiary/aromatic N) is 1. The van der Waals surface area contributed by atoms with Gasteiger partial charge in [-0.3, -0.25) is 4.79 Å². The van der Waals surface area contributed by atoms with Crippen molar-refractivity contribution < 1.29 is 24.2 Å². The molecule has 0 bridgehead atoms. The predicted octanol–water partition coefficient (Wildman–Crippen LogP) is 2.63. The largest absolute Gasteiger partial charge is 0.494 e. The van der Waals surface area contributed by atoms with E-state index in [1.54, 1.807) is 14.0 Å². The molecule has 1 aromatic carbocycles. The predicted molar refractivity (Wildman–Crippen MR) is 101 cm³/mol. The molecule has 1 saturated carbocycles. The number of carboxylic acid groups (broad SMARTS) is 1. The van der Waals surface area contributed by atoms with Crippen LogP contribution in [0.25, 0.3) is 0 Å². The lowest BCUT2D eigenvalue weighted by Gasteiger charge is -2.20.